The second-order valence-electron chi connectivity index (χ2n) is 7.96. The number of anilines is 1. The minimum absolute atomic E-state index is 0.167. The number of hydrogen-bond donors (Lipinski definition) is 0. The molecule has 176 valence electrons. The molecule has 0 amide bonds. The normalized spacial score (nSPS) is 11.1. The number of hydrogen-bond acceptors (Lipinski definition) is 6. The molecule has 0 bridgehead atoms. The van der Waals surface area contributed by atoms with Crippen LogP contribution in [0.2, 0.25) is 0 Å². The van der Waals surface area contributed by atoms with Crippen molar-refractivity contribution in [2.45, 2.75) is 33.2 Å². The molecule has 0 atom stereocenters. The van der Waals surface area contributed by atoms with Crippen LogP contribution in [-0.2, 0) is 6.54 Å². The fraction of sp³-hybridized carbons (Fsp3) is 0.280. The van der Waals surface area contributed by atoms with Gasteiger partial charge in [0.25, 0.3) is 5.56 Å². The second kappa shape index (κ2) is 10.4. The Kier molecular flexibility index (Phi) is 7.10. The predicted octanol–water partition coefficient (Wildman–Crippen LogP) is 4.91. The van der Waals surface area contributed by atoms with Gasteiger partial charge in [0, 0.05) is 36.3 Å². The van der Waals surface area contributed by atoms with Gasteiger partial charge < -0.3 is 9.42 Å². The third-order valence-electron chi connectivity index (χ3n) is 5.22. The van der Waals surface area contributed by atoms with E-state index < -0.39 is 11.6 Å². The van der Waals surface area contributed by atoms with E-state index in [1.165, 1.54) is 28.9 Å². The maximum Gasteiger partial charge on any atom is 0.324 e. The molecule has 9 heteroatoms. The molecule has 2 heterocycles. The fourth-order valence-electron chi connectivity index (χ4n) is 3.70. The van der Waals surface area contributed by atoms with Gasteiger partial charge in [-0.3, -0.25) is 4.79 Å². The van der Waals surface area contributed by atoms with Gasteiger partial charge in [-0.1, -0.05) is 37.2 Å². The SMILES string of the molecule is CCCN(CCC)c1nc(-c2cccc(Cn3nc(-c4cc(F)cc(F)c4)ccc3=O)c2)no1. The van der Waals surface area contributed by atoms with Crippen molar-refractivity contribution < 1.29 is 13.3 Å². The van der Waals surface area contributed by atoms with Crippen LogP contribution in [0, 0.1) is 11.6 Å². The Hall–Kier alpha value is -3.88. The summed E-state index contributed by atoms with van der Waals surface area (Å²) in [7, 11) is 0. The second-order valence-corrected chi connectivity index (χ2v) is 7.96. The van der Waals surface area contributed by atoms with E-state index in [1.54, 1.807) is 0 Å². The van der Waals surface area contributed by atoms with Gasteiger partial charge >= 0.3 is 6.01 Å². The Balaban J connectivity index is 1.59. The van der Waals surface area contributed by atoms with Crippen molar-refractivity contribution in [3.05, 3.63) is 82.1 Å². The van der Waals surface area contributed by atoms with E-state index in [0.29, 0.717) is 17.5 Å². The van der Waals surface area contributed by atoms with Crippen molar-refractivity contribution >= 4 is 6.01 Å². The van der Waals surface area contributed by atoms with E-state index in [-0.39, 0.29) is 17.7 Å². The third kappa shape index (κ3) is 5.36. The number of rotatable bonds is 9. The van der Waals surface area contributed by atoms with E-state index in [0.717, 1.165) is 43.1 Å². The maximum atomic E-state index is 13.6. The molecule has 0 fully saturated rings. The highest BCUT2D eigenvalue weighted by Gasteiger charge is 2.15. The van der Waals surface area contributed by atoms with E-state index in [2.05, 4.69) is 34.0 Å². The highest BCUT2D eigenvalue weighted by Crippen LogP contribution is 2.22. The van der Waals surface area contributed by atoms with Crippen LogP contribution in [0.4, 0.5) is 14.8 Å². The summed E-state index contributed by atoms with van der Waals surface area (Å²) in [6.07, 6.45) is 1.94. The topological polar surface area (TPSA) is 77.1 Å². The van der Waals surface area contributed by atoms with Crippen LogP contribution in [0.5, 0.6) is 0 Å². The summed E-state index contributed by atoms with van der Waals surface area (Å²) in [5, 5.41) is 8.43. The summed E-state index contributed by atoms with van der Waals surface area (Å²) in [4.78, 5) is 19.0. The molecule has 2 aromatic carbocycles. The molecule has 0 unspecified atom stereocenters. The van der Waals surface area contributed by atoms with E-state index in [9.17, 15) is 13.6 Å². The smallest absolute Gasteiger partial charge is 0.324 e. The number of halogens is 2. The highest BCUT2D eigenvalue weighted by molar-refractivity contribution is 5.59. The zero-order chi connectivity index (χ0) is 24.1. The van der Waals surface area contributed by atoms with Gasteiger partial charge in [-0.15, -0.1) is 0 Å². The minimum Gasteiger partial charge on any atom is -0.324 e. The largest absolute Gasteiger partial charge is 0.324 e. The lowest BCUT2D eigenvalue weighted by atomic mass is 10.1. The molecule has 7 nitrogen and oxygen atoms in total. The number of nitrogens with zero attached hydrogens (tertiary/aromatic N) is 5. The molecular formula is C25H25F2N5O2. The Morgan fingerprint density at radius 2 is 1.68 bits per heavy atom. The molecular weight excluding hydrogens is 440 g/mol. The van der Waals surface area contributed by atoms with Gasteiger partial charge in [0.1, 0.15) is 11.6 Å². The summed E-state index contributed by atoms with van der Waals surface area (Å²) in [5.74, 6) is -0.963. The molecule has 2 aromatic heterocycles. The van der Waals surface area contributed by atoms with Crippen LogP contribution in [0.3, 0.4) is 0 Å². The first-order valence-corrected chi connectivity index (χ1v) is 11.2. The molecule has 0 radical (unpaired) electrons. The maximum absolute atomic E-state index is 13.6. The summed E-state index contributed by atoms with van der Waals surface area (Å²) < 4.78 is 34.0. The average Bonchev–Trinajstić information content (AvgIpc) is 3.30. The van der Waals surface area contributed by atoms with Crippen LogP contribution in [0.25, 0.3) is 22.6 Å². The summed E-state index contributed by atoms with van der Waals surface area (Å²) in [6, 6.07) is 13.8. The molecule has 0 saturated carbocycles. The van der Waals surface area contributed by atoms with Gasteiger partial charge in [-0.05, 0) is 42.7 Å². The average molecular weight is 466 g/mol. The van der Waals surface area contributed by atoms with Crippen LogP contribution in [-0.4, -0.2) is 33.0 Å². The summed E-state index contributed by atoms with van der Waals surface area (Å²) >= 11 is 0. The van der Waals surface area contributed by atoms with Crippen molar-refractivity contribution in [3.63, 3.8) is 0 Å². The van der Waals surface area contributed by atoms with Gasteiger partial charge in [0.15, 0.2) is 0 Å². The van der Waals surface area contributed by atoms with Crippen LogP contribution >= 0.6 is 0 Å². The highest BCUT2D eigenvalue weighted by atomic mass is 19.1. The molecule has 34 heavy (non-hydrogen) atoms. The van der Waals surface area contributed by atoms with Gasteiger partial charge in [0.05, 0.1) is 12.2 Å². The molecule has 0 aliphatic rings. The Morgan fingerprint density at radius 1 is 0.941 bits per heavy atom. The van der Waals surface area contributed by atoms with Crippen LogP contribution in [0.1, 0.15) is 32.3 Å². The summed E-state index contributed by atoms with van der Waals surface area (Å²) in [5.41, 5.74) is 1.76. The Labute approximate surface area is 195 Å². The quantitative estimate of drug-likeness (QED) is 0.349. The van der Waals surface area contributed by atoms with Crippen molar-refractivity contribution in [3.8, 4) is 22.6 Å². The third-order valence-corrected chi connectivity index (χ3v) is 5.22. The molecule has 4 aromatic rings. The number of benzene rings is 2. The van der Waals surface area contributed by atoms with Crippen LogP contribution < -0.4 is 10.5 Å². The lowest BCUT2D eigenvalue weighted by molar-refractivity contribution is 0.413. The van der Waals surface area contributed by atoms with Crippen molar-refractivity contribution in [1.29, 1.82) is 0 Å². The molecule has 0 N–H and O–H groups in total. The number of aromatic nitrogens is 4. The van der Waals surface area contributed by atoms with E-state index in [1.807, 2.05) is 24.3 Å². The zero-order valence-corrected chi connectivity index (χ0v) is 19.0. The molecule has 0 spiro atoms. The minimum atomic E-state index is -0.710. The van der Waals surface area contributed by atoms with Crippen molar-refractivity contribution in [1.82, 2.24) is 19.9 Å². The van der Waals surface area contributed by atoms with Gasteiger partial charge in [-0.25, -0.2) is 13.5 Å². The Morgan fingerprint density at radius 3 is 2.38 bits per heavy atom. The van der Waals surface area contributed by atoms with Gasteiger partial charge in [0.2, 0.25) is 5.82 Å². The standard InChI is InChI=1S/C25H25F2N5O2/c1-3-10-31(11-4-2)25-28-24(30-34-25)18-7-5-6-17(12-18)16-32-23(33)9-8-22(29-32)19-13-20(26)15-21(27)14-19/h5-9,12-15H,3-4,10-11,16H2,1-2H3. The monoisotopic (exact) mass is 465 g/mol. The summed E-state index contributed by atoms with van der Waals surface area (Å²) in [6.45, 7) is 6.02. The zero-order valence-electron chi connectivity index (χ0n) is 19.0. The van der Waals surface area contributed by atoms with E-state index >= 15 is 0 Å². The first-order chi connectivity index (χ1) is 16.5. The molecule has 0 saturated heterocycles. The fourth-order valence-corrected chi connectivity index (χ4v) is 3.70. The van der Waals surface area contributed by atoms with E-state index in [4.69, 9.17) is 4.52 Å². The van der Waals surface area contributed by atoms with Crippen molar-refractivity contribution in [2.75, 3.05) is 18.0 Å². The lowest BCUT2D eigenvalue weighted by Gasteiger charge is -2.17. The van der Waals surface area contributed by atoms with Gasteiger partial charge in [-0.2, -0.15) is 10.1 Å². The lowest BCUT2D eigenvalue weighted by Crippen LogP contribution is -2.25. The molecule has 4 rings (SSSR count). The molecule has 0 aliphatic heterocycles. The first kappa shape index (κ1) is 23.3. The predicted molar refractivity (Wildman–Crippen MR) is 125 cm³/mol. The Bertz CT molecular complexity index is 1310. The molecule has 0 aliphatic carbocycles. The van der Waals surface area contributed by atoms with Crippen molar-refractivity contribution in [2.24, 2.45) is 0 Å². The first-order valence-electron chi connectivity index (χ1n) is 11.2. The van der Waals surface area contributed by atoms with Crippen LogP contribution in [0.15, 0.2) is 63.9 Å².